The van der Waals surface area contributed by atoms with Crippen LogP contribution in [0.4, 0.5) is 0 Å². The van der Waals surface area contributed by atoms with E-state index in [1.807, 2.05) is 23.9 Å². The Morgan fingerprint density at radius 2 is 2.08 bits per heavy atom. The summed E-state index contributed by atoms with van der Waals surface area (Å²) in [6.45, 7) is 6.10. The van der Waals surface area contributed by atoms with E-state index in [2.05, 4.69) is 40.5 Å². The molecule has 5 heteroatoms. The van der Waals surface area contributed by atoms with Crippen LogP contribution in [-0.4, -0.2) is 51.2 Å². The fourth-order valence-corrected chi connectivity index (χ4v) is 4.46. The fraction of sp³-hybridized carbons (Fsp3) is 0.571. The third-order valence-corrected chi connectivity index (χ3v) is 5.99. The van der Waals surface area contributed by atoms with Gasteiger partial charge in [-0.25, -0.2) is 0 Å². The predicted molar refractivity (Wildman–Crippen MR) is 101 cm³/mol. The van der Waals surface area contributed by atoms with E-state index in [0.717, 1.165) is 32.5 Å². The number of hydrogen-bond acceptors (Lipinski definition) is 4. The van der Waals surface area contributed by atoms with Crippen LogP contribution in [0.5, 0.6) is 0 Å². The molecule has 1 aromatic carbocycles. The highest BCUT2D eigenvalue weighted by Crippen LogP contribution is 2.36. The summed E-state index contributed by atoms with van der Waals surface area (Å²) in [6, 6.07) is 10.8. The molecule has 2 aliphatic heterocycles. The quantitative estimate of drug-likeness (QED) is 0.896. The summed E-state index contributed by atoms with van der Waals surface area (Å²) in [4.78, 5) is 2.51. The van der Waals surface area contributed by atoms with Gasteiger partial charge >= 0.3 is 0 Å². The predicted octanol–water partition coefficient (Wildman–Crippen LogP) is 2.68. The normalized spacial score (nSPS) is 29.9. The van der Waals surface area contributed by atoms with Crippen molar-refractivity contribution in [2.24, 2.45) is 5.92 Å². The van der Waals surface area contributed by atoms with E-state index >= 15 is 0 Å². The first-order valence-electron chi connectivity index (χ1n) is 9.71. The maximum Gasteiger partial charge on any atom is 0.0706 e. The smallest absolute Gasteiger partial charge is 0.0706 e. The monoisotopic (exact) mass is 355 g/mol. The Kier molecular flexibility index (Phi) is 5.11. The van der Waals surface area contributed by atoms with Gasteiger partial charge in [0.1, 0.15) is 0 Å². The Morgan fingerprint density at radius 3 is 2.88 bits per heavy atom. The molecule has 2 aromatic rings. The third-order valence-electron chi connectivity index (χ3n) is 5.99. The lowest BCUT2D eigenvalue weighted by Gasteiger charge is -2.43. The Hall–Kier alpha value is -1.69. The minimum Gasteiger partial charge on any atom is -0.390 e. The summed E-state index contributed by atoms with van der Waals surface area (Å²) in [6.07, 6.45) is 7.19. The molecule has 3 heterocycles. The van der Waals surface area contributed by atoms with Crippen LogP contribution in [-0.2, 0) is 17.8 Å². The van der Waals surface area contributed by atoms with Crippen molar-refractivity contribution in [2.45, 2.75) is 50.9 Å². The lowest BCUT2D eigenvalue weighted by atomic mass is 9.79. The maximum absolute atomic E-state index is 10.8. The second kappa shape index (κ2) is 7.51. The first kappa shape index (κ1) is 17.7. The van der Waals surface area contributed by atoms with E-state index < -0.39 is 5.60 Å². The molecule has 1 N–H and O–H groups in total. The number of nitrogens with zero attached hydrogens (tertiary/aromatic N) is 3. The van der Waals surface area contributed by atoms with E-state index in [0.29, 0.717) is 19.3 Å². The molecular weight excluding hydrogens is 326 g/mol. The summed E-state index contributed by atoms with van der Waals surface area (Å²) in [5.74, 6) is 0.193. The molecule has 0 amide bonds. The van der Waals surface area contributed by atoms with Gasteiger partial charge in [0.15, 0.2) is 0 Å². The summed E-state index contributed by atoms with van der Waals surface area (Å²) in [7, 11) is 0. The van der Waals surface area contributed by atoms with Gasteiger partial charge in [-0.05, 0) is 38.3 Å². The van der Waals surface area contributed by atoms with E-state index in [1.54, 1.807) is 0 Å². The van der Waals surface area contributed by atoms with Crippen molar-refractivity contribution in [3.8, 4) is 0 Å². The average Bonchev–Trinajstić information content (AvgIpc) is 3.25. The van der Waals surface area contributed by atoms with Gasteiger partial charge in [0, 0.05) is 36.9 Å². The fourth-order valence-electron chi connectivity index (χ4n) is 4.46. The number of likely N-dealkylation sites (tertiary alicyclic amines) is 1. The molecule has 2 saturated heterocycles. The molecule has 0 saturated carbocycles. The molecule has 0 spiro atoms. The van der Waals surface area contributed by atoms with Crippen LogP contribution in [0.1, 0.15) is 37.3 Å². The van der Waals surface area contributed by atoms with Gasteiger partial charge in [0.2, 0.25) is 0 Å². The summed E-state index contributed by atoms with van der Waals surface area (Å²) in [5.41, 5.74) is 1.88. The Bertz CT molecular complexity index is 713. The lowest BCUT2D eigenvalue weighted by Crippen LogP contribution is -2.52. The van der Waals surface area contributed by atoms with E-state index in [-0.39, 0.29) is 5.92 Å². The van der Waals surface area contributed by atoms with Crippen molar-refractivity contribution < 1.29 is 9.84 Å². The number of ether oxygens (including phenoxy) is 1. The lowest BCUT2D eigenvalue weighted by molar-refractivity contribution is -0.123. The molecule has 0 unspecified atom stereocenters. The molecule has 2 fully saturated rings. The van der Waals surface area contributed by atoms with E-state index in [4.69, 9.17) is 4.74 Å². The van der Waals surface area contributed by atoms with Crippen LogP contribution in [0, 0.1) is 5.92 Å². The Morgan fingerprint density at radius 1 is 1.23 bits per heavy atom. The summed E-state index contributed by atoms with van der Waals surface area (Å²) in [5, 5.41) is 15.4. The zero-order chi connectivity index (χ0) is 18.0. The second-order valence-corrected chi connectivity index (χ2v) is 8.00. The van der Waals surface area contributed by atoms with Gasteiger partial charge in [0.05, 0.1) is 24.9 Å². The molecule has 26 heavy (non-hydrogen) atoms. The minimum absolute atomic E-state index is 0.193. The first-order valence-corrected chi connectivity index (χ1v) is 9.71. The highest BCUT2D eigenvalue weighted by atomic mass is 16.5. The van der Waals surface area contributed by atoms with Crippen LogP contribution >= 0.6 is 0 Å². The zero-order valence-electron chi connectivity index (χ0n) is 15.6. The van der Waals surface area contributed by atoms with E-state index in [1.165, 1.54) is 17.5 Å². The number of aliphatic hydroxyl groups is 1. The van der Waals surface area contributed by atoms with Crippen molar-refractivity contribution in [1.82, 2.24) is 14.7 Å². The van der Waals surface area contributed by atoms with Crippen LogP contribution in [0.25, 0.3) is 0 Å². The highest BCUT2D eigenvalue weighted by Gasteiger charge is 2.43. The zero-order valence-corrected chi connectivity index (χ0v) is 15.6. The molecule has 140 valence electrons. The topological polar surface area (TPSA) is 50.5 Å². The van der Waals surface area contributed by atoms with Gasteiger partial charge in [-0.1, -0.05) is 30.3 Å². The van der Waals surface area contributed by atoms with Crippen LogP contribution in [0.15, 0.2) is 42.7 Å². The molecule has 2 aliphatic rings. The summed E-state index contributed by atoms with van der Waals surface area (Å²) < 4.78 is 7.71. The van der Waals surface area contributed by atoms with Gasteiger partial charge in [0.25, 0.3) is 0 Å². The van der Waals surface area contributed by atoms with Gasteiger partial charge in [-0.2, -0.15) is 5.10 Å². The number of hydrogen-bond donors (Lipinski definition) is 1. The van der Waals surface area contributed by atoms with Crippen molar-refractivity contribution in [1.29, 1.82) is 0 Å². The number of aromatic nitrogens is 2. The standard InChI is InChI=1S/C21H29N3O2/c1-21(25)9-11-26-16-19(21)20-8-5-10-23(20)13-18-12-22-24(15-18)14-17-6-3-2-4-7-17/h2-4,6-7,12,15,19-20,25H,5,8-11,13-14,16H2,1H3/t19-,20-,21-/m0/s1. The Labute approximate surface area is 155 Å². The van der Waals surface area contributed by atoms with Crippen molar-refractivity contribution >= 4 is 0 Å². The molecule has 3 atom stereocenters. The maximum atomic E-state index is 10.8. The van der Waals surface area contributed by atoms with Crippen molar-refractivity contribution in [3.05, 3.63) is 53.9 Å². The molecule has 0 bridgehead atoms. The van der Waals surface area contributed by atoms with Gasteiger partial charge in [-0.15, -0.1) is 0 Å². The highest BCUT2D eigenvalue weighted by molar-refractivity contribution is 5.15. The van der Waals surface area contributed by atoms with Crippen LogP contribution in [0.2, 0.25) is 0 Å². The summed E-state index contributed by atoms with van der Waals surface area (Å²) >= 11 is 0. The van der Waals surface area contributed by atoms with Crippen molar-refractivity contribution in [3.63, 3.8) is 0 Å². The van der Waals surface area contributed by atoms with E-state index in [9.17, 15) is 5.11 Å². The first-order chi connectivity index (χ1) is 12.6. The second-order valence-electron chi connectivity index (χ2n) is 8.00. The SMILES string of the molecule is C[C@]1(O)CCOC[C@H]1[C@@H]1CCCN1Cc1cnn(Cc2ccccc2)c1. The number of rotatable bonds is 5. The molecular formula is C21H29N3O2. The molecule has 4 rings (SSSR count). The molecule has 0 radical (unpaired) electrons. The molecule has 1 aromatic heterocycles. The van der Waals surface area contributed by atoms with Crippen LogP contribution < -0.4 is 0 Å². The average molecular weight is 355 g/mol. The molecule has 0 aliphatic carbocycles. The minimum atomic E-state index is -0.622. The van der Waals surface area contributed by atoms with Crippen LogP contribution in [0.3, 0.4) is 0 Å². The van der Waals surface area contributed by atoms with Gasteiger partial charge in [-0.3, -0.25) is 9.58 Å². The Balaban J connectivity index is 1.42. The molecule has 5 nitrogen and oxygen atoms in total. The van der Waals surface area contributed by atoms with Gasteiger partial charge < -0.3 is 9.84 Å². The van der Waals surface area contributed by atoms with Crippen molar-refractivity contribution in [2.75, 3.05) is 19.8 Å². The number of benzene rings is 1. The largest absolute Gasteiger partial charge is 0.390 e. The third kappa shape index (κ3) is 3.85.